The third-order valence-electron chi connectivity index (χ3n) is 2.51. The predicted molar refractivity (Wildman–Crippen MR) is 68.1 cm³/mol. The van der Waals surface area contributed by atoms with E-state index in [-0.39, 0.29) is 6.04 Å². The molecule has 0 radical (unpaired) electrons. The number of nitrogens with zero attached hydrogens (tertiary/aromatic N) is 2. The van der Waals surface area contributed by atoms with Crippen LogP contribution < -0.4 is 10.5 Å². The molecule has 0 aliphatic rings. The van der Waals surface area contributed by atoms with Crippen molar-refractivity contribution < 1.29 is 4.74 Å². The van der Waals surface area contributed by atoms with E-state index < -0.39 is 0 Å². The van der Waals surface area contributed by atoms with Gasteiger partial charge in [0.2, 0.25) is 5.88 Å². The number of rotatable bonds is 3. The third-order valence-corrected chi connectivity index (χ3v) is 2.51. The van der Waals surface area contributed by atoms with Crippen LogP contribution in [0.2, 0.25) is 0 Å². The summed E-state index contributed by atoms with van der Waals surface area (Å²) in [6.45, 7) is 1.86. The van der Waals surface area contributed by atoms with Crippen molar-refractivity contribution in [2.24, 2.45) is 5.73 Å². The molecule has 2 N–H and O–H groups in total. The summed E-state index contributed by atoms with van der Waals surface area (Å²) in [6.07, 6.45) is 1.64. The first-order valence-electron chi connectivity index (χ1n) is 5.60. The lowest BCUT2D eigenvalue weighted by Crippen LogP contribution is -2.07. The lowest BCUT2D eigenvalue weighted by Gasteiger charge is -2.12. The summed E-state index contributed by atoms with van der Waals surface area (Å²) in [6, 6.07) is 12.6. The van der Waals surface area contributed by atoms with E-state index in [1.165, 1.54) is 0 Å². The molecule has 90 valence electrons. The second kappa shape index (κ2) is 5.30. The van der Waals surface area contributed by atoms with Crippen LogP contribution in [-0.2, 0) is 0 Å². The maximum atomic E-state index is 9.00. The Morgan fingerprint density at radius 3 is 2.78 bits per heavy atom. The molecule has 0 unspecified atom stereocenters. The minimum absolute atomic E-state index is 0.178. The van der Waals surface area contributed by atoms with Crippen LogP contribution >= 0.6 is 0 Å². The Morgan fingerprint density at radius 1 is 1.28 bits per heavy atom. The number of ether oxygens (including phenoxy) is 1. The van der Waals surface area contributed by atoms with Crippen LogP contribution in [0.4, 0.5) is 0 Å². The van der Waals surface area contributed by atoms with Crippen molar-refractivity contribution >= 4 is 0 Å². The van der Waals surface area contributed by atoms with Gasteiger partial charge in [0.05, 0.1) is 5.56 Å². The topological polar surface area (TPSA) is 71.9 Å². The summed E-state index contributed by atoms with van der Waals surface area (Å²) >= 11 is 0. The fourth-order valence-electron chi connectivity index (χ4n) is 1.59. The molecular weight excluding hydrogens is 226 g/mol. The van der Waals surface area contributed by atoms with E-state index in [4.69, 9.17) is 15.7 Å². The summed E-state index contributed by atoms with van der Waals surface area (Å²) in [4.78, 5) is 4.16. The van der Waals surface area contributed by atoms with Gasteiger partial charge in [0.25, 0.3) is 0 Å². The molecule has 0 saturated carbocycles. The molecule has 1 aromatic carbocycles. The van der Waals surface area contributed by atoms with Gasteiger partial charge in [-0.15, -0.1) is 0 Å². The monoisotopic (exact) mass is 239 g/mol. The number of nitriles is 1. The van der Waals surface area contributed by atoms with E-state index in [1.807, 2.05) is 25.1 Å². The molecule has 4 heteroatoms. The molecule has 18 heavy (non-hydrogen) atoms. The average Bonchev–Trinajstić information content (AvgIpc) is 2.40. The Morgan fingerprint density at radius 2 is 2.06 bits per heavy atom. The van der Waals surface area contributed by atoms with Gasteiger partial charge in [0.15, 0.2) is 0 Å². The van der Waals surface area contributed by atoms with Gasteiger partial charge < -0.3 is 10.5 Å². The molecule has 1 heterocycles. The Hall–Kier alpha value is -2.38. The van der Waals surface area contributed by atoms with Crippen LogP contribution in [-0.4, -0.2) is 4.98 Å². The van der Waals surface area contributed by atoms with Crippen molar-refractivity contribution in [1.29, 1.82) is 5.26 Å². The molecule has 0 bridgehead atoms. The average molecular weight is 239 g/mol. The summed E-state index contributed by atoms with van der Waals surface area (Å²) in [5.41, 5.74) is 7.14. The summed E-state index contributed by atoms with van der Waals surface area (Å²) < 4.78 is 5.68. The lowest BCUT2D eigenvalue weighted by atomic mass is 10.1. The number of benzene rings is 1. The number of hydrogen-bond donors (Lipinski definition) is 1. The van der Waals surface area contributed by atoms with Gasteiger partial charge in [-0.05, 0) is 25.1 Å². The van der Waals surface area contributed by atoms with Crippen molar-refractivity contribution in [3.05, 3.63) is 53.7 Å². The molecule has 2 aromatic rings. The zero-order valence-corrected chi connectivity index (χ0v) is 10.00. The van der Waals surface area contributed by atoms with E-state index in [0.717, 1.165) is 5.56 Å². The van der Waals surface area contributed by atoms with Gasteiger partial charge in [-0.1, -0.05) is 18.2 Å². The molecule has 0 saturated heterocycles. The van der Waals surface area contributed by atoms with Gasteiger partial charge in [-0.3, -0.25) is 0 Å². The molecule has 4 nitrogen and oxygen atoms in total. The molecule has 1 aromatic heterocycles. The van der Waals surface area contributed by atoms with Crippen LogP contribution in [0.15, 0.2) is 42.6 Å². The normalized spacial score (nSPS) is 11.6. The second-order valence-corrected chi connectivity index (χ2v) is 3.90. The van der Waals surface area contributed by atoms with E-state index >= 15 is 0 Å². The first-order chi connectivity index (χ1) is 8.72. The number of pyridine rings is 1. The fourth-order valence-corrected chi connectivity index (χ4v) is 1.59. The third kappa shape index (κ3) is 2.47. The maximum absolute atomic E-state index is 9.00. The van der Waals surface area contributed by atoms with E-state index in [1.54, 1.807) is 24.4 Å². The maximum Gasteiger partial charge on any atom is 0.224 e. The Kier molecular flexibility index (Phi) is 3.56. The highest BCUT2D eigenvalue weighted by Crippen LogP contribution is 2.28. The summed E-state index contributed by atoms with van der Waals surface area (Å²) in [7, 11) is 0. The minimum atomic E-state index is -0.178. The fraction of sp³-hybridized carbons (Fsp3) is 0.143. The van der Waals surface area contributed by atoms with Crippen molar-refractivity contribution in [1.82, 2.24) is 4.98 Å². The van der Waals surface area contributed by atoms with Crippen molar-refractivity contribution in [3.63, 3.8) is 0 Å². The first kappa shape index (κ1) is 12.1. The Labute approximate surface area is 106 Å². The molecule has 0 spiro atoms. The highest BCUT2D eigenvalue weighted by molar-refractivity contribution is 5.45. The highest BCUT2D eigenvalue weighted by atomic mass is 16.5. The highest BCUT2D eigenvalue weighted by Gasteiger charge is 2.11. The first-order valence-corrected chi connectivity index (χ1v) is 5.60. The van der Waals surface area contributed by atoms with Gasteiger partial charge >= 0.3 is 0 Å². The van der Waals surface area contributed by atoms with Gasteiger partial charge in [-0.2, -0.15) is 5.26 Å². The lowest BCUT2D eigenvalue weighted by molar-refractivity contribution is 0.450. The van der Waals surface area contributed by atoms with Crippen LogP contribution in [0.3, 0.4) is 0 Å². The van der Waals surface area contributed by atoms with Gasteiger partial charge in [0.1, 0.15) is 11.8 Å². The molecule has 2 rings (SSSR count). The zero-order chi connectivity index (χ0) is 13.0. The van der Waals surface area contributed by atoms with Crippen LogP contribution in [0.25, 0.3) is 0 Å². The molecule has 1 atom stereocenters. The summed E-state index contributed by atoms with van der Waals surface area (Å²) in [5, 5.41) is 9.00. The van der Waals surface area contributed by atoms with Crippen LogP contribution in [0.1, 0.15) is 24.1 Å². The Balaban J connectivity index is 2.38. The molecule has 0 amide bonds. The minimum Gasteiger partial charge on any atom is -0.437 e. The van der Waals surface area contributed by atoms with E-state index in [9.17, 15) is 0 Å². The van der Waals surface area contributed by atoms with Crippen molar-refractivity contribution in [3.8, 4) is 17.7 Å². The van der Waals surface area contributed by atoms with E-state index in [0.29, 0.717) is 17.2 Å². The van der Waals surface area contributed by atoms with Crippen molar-refractivity contribution in [2.45, 2.75) is 13.0 Å². The van der Waals surface area contributed by atoms with Gasteiger partial charge in [0, 0.05) is 17.8 Å². The summed E-state index contributed by atoms with van der Waals surface area (Å²) in [5.74, 6) is 0.927. The molecular formula is C14H13N3O. The Bertz CT molecular complexity index is 588. The standard InChI is InChI=1S/C14H13N3O/c1-10(16)12-6-4-8-17-14(12)18-13-7-3-2-5-11(13)9-15/h2-8,10H,16H2,1H3/t10-/m0/s1. The smallest absolute Gasteiger partial charge is 0.224 e. The molecule has 0 aliphatic carbocycles. The number of aromatic nitrogens is 1. The van der Waals surface area contributed by atoms with Crippen LogP contribution in [0.5, 0.6) is 11.6 Å². The van der Waals surface area contributed by atoms with E-state index in [2.05, 4.69) is 11.1 Å². The molecule has 0 aliphatic heterocycles. The van der Waals surface area contributed by atoms with Crippen molar-refractivity contribution in [2.75, 3.05) is 0 Å². The number of para-hydroxylation sites is 1. The largest absolute Gasteiger partial charge is 0.437 e. The number of hydrogen-bond acceptors (Lipinski definition) is 4. The zero-order valence-electron chi connectivity index (χ0n) is 10.00. The van der Waals surface area contributed by atoms with Gasteiger partial charge in [-0.25, -0.2) is 4.98 Å². The SMILES string of the molecule is C[C@H](N)c1cccnc1Oc1ccccc1C#N. The quantitative estimate of drug-likeness (QED) is 0.893. The van der Waals surface area contributed by atoms with Crippen LogP contribution in [0, 0.1) is 11.3 Å². The second-order valence-electron chi connectivity index (χ2n) is 3.90. The molecule has 0 fully saturated rings. The predicted octanol–water partition coefficient (Wildman–Crippen LogP) is 2.77. The number of nitrogens with two attached hydrogens (primary N) is 1.